The molecule has 0 amide bonds. The van der Waals surface area contributed by atoms with Crippen molar-refractivity contribution < 1.29 is 9.90 Å². The maximum atomic E-state index is 9.81. The normalized spacial score (nSPS) is 9.32. The number of hydrogen-bond acceptors (Lipinski definition) is 3. The molecule has 0 unspecified atom stereocenters. The summed E-state index contributed by atoms with van der Waals surface area (Å²) in [4.78, 5) is 21.0. The van der Waals surface area contributed by atoms with Crippen LogP contribution < -0.4 is 0 Å². The van der Waals surface area contributed by atoms with Crippen molar-refractivity contribution in [3.8, 4) is 0 Å². The van der Waals surface area contributed by atoms with Gasteiger partial charge in [0.05, 0.1) is 11.0 Å². The smallest absolute Gasteiger partial charge is 0.303 e. The summed E-state index contributed by atoms with van der Waals surface area (Å²) in [6.45, 7) is 14.1. The van der Waals surface area contributed by atoms with Crippen LogP contribution in [0.1, 0.15) is 65.3 Å². The molecule has 0 radical (unpaired) electrons. The van der Waals surface area contributed by atoms with Gasteiger partial charge in [-0.25, -0.2) is 4.98 Å². The quantitative estimate of drug-likeness (QED) is 0.323. The Morgan fingerprint density at radius 1 is 0.853 bits per heavy atom. The number of rotatable bonds is 3. The number of nitrogens with zero attached hydrogens (tertiary/aromatic N) is 2. The first-order valence-corrected chi connectivity index (χ1v) is 11.8. The van der Waals surface area contributed by atoms with Crippen molar-refractivity contribution in [3.63, 3.8) is 0 Å². The Morgan fingerprint density at radius 2 is 1.38 bits per heavy atom. The Morgan fingerprint density at radius 3 is 1.74 bits per heavy atom. The highest BCUT2D eigenvalue weighted by atomic mass is 16.4. The van der Waals surface area contributed by atoms with E-state index in [9.17, 15) is 4.79 Å². The van der Waals surface area contributed by atoms with Crippen LogP contribution in [0.25, 0.3) is 11.0 Å². The van der Waals surface area contributed by atoms with E-state index < -0.39 is 5.97 Å². The van der Waals surface area contributed by atoms with Gasteiger partial charge in [0.25, 0.3) is 0 Å². The first-order valence-electron chi connectivity index (χ1n) is 11.8. The van der Waals surface area contributed by atoms with E-state index in [-0.39, 0.29) is 12.3 Å². The average molecular weight is 464 g/mol. The van der Waals surface area contributed by atoms with E-state index in [0.29, 0.717) is 5.92 Å². The number of imidazole rings is 1. The first-order chi connectivity index (χ1) is 16.3. The van der Waals surface area contributed by atoms with Crippen molar-refractivity contribution in [2.24, 2.45) is 5.92 Å². The molecule has 0 aliphatic rings. The van der Waals surface area contributed by atoms with Crippen molar-refractivity contribution in [1.82, 2.24) is 15.0 Å². The number of aliphatic carboxylic acids is 1. The lowest BCUT2D eigenvalue weighted by molar-refractivity contribution is -0.137. The molecule has 34 heavy (non-hydrogen) atoms. The SMILES string of the molecule is CC.CC(C)CC(=O)O.CC(C)c1ccccc1.Cc1nc2ccccc2[nH]1.c1ccncc1. The maximum absolute atomic E-state index is 9.81. The number of pyridine rings is 1. The molecule has 0 aliphatic carbocycles. The van der Waals surface area contributed by atoms with E-state index in [2.05, 4.69) is 53.1 Å². The van der Waals surface area contributed by atoms with Gasteiger partial charge in [0.15, 0.2) is 0 Å². The van der Waals surface area contributed by atoms with Crippen LogP contribution in [-0.4, -0.2) is 26.0 Å². The number of aryl methyl sites for hydroxylation is 1. The van der Waals surface area contributed by atoms with Gasteiger partial charge in [-0.15, -0.1) is 0 Å². The molecule has 0 spiro atoms. The molecule has 0 atom stereocenters. The summed E-state index contributed by atoms with van der Waals surface area (Å²) in [7, 11) is 0. The van der Waals surface area contributed by atoms with Crippen LogP contribution in [0.3, 0.4) is 0 Å². The second kappa shape index (κ2) is 19.0. The van der Waals surface area contributed by atoms with Gasteiger partial charge >= 0.3 is 5.97 Å². The molecular formula is C29H41N3O2. The summed E-state index contributed by atoms with van der Waals surface area (Å²) in [5.41, 5.74) is 3.57. The zero-order valence-electron chi connectivity index (χ0n) is 21.7. The molecular weight excluding hydrogens is 422 g/mol. The highest BCUT2D eigenvalue weighted by molar-refractivity contribution is 5.74. The number of hydrogen-bond donors (Lipinski definition) is 2. The summed E-state index contributed by atoms with van der Waals surface area (Å²) in [5, 5.41) is 8.08. The largest absolute Gasteiger partial charge is 0.481 e. The number of aromatic amines is 1. The lowest BCUT2D eigenvalue weighted by Gasteiger charge is -2.01. The third-order valence-corrected chi connectivity index (χ3v) is 4.12. The lowest BCUT2D eigenvalue weighted by atomic mass is 10.0. The summed E-state index contributed by atoms with van der Waals surface area (Å²) in [6, 6.07) is 24.2. The number of aromatic nitrogens is 3. The number of carboxylic acid groups (broad SMARTS) is 1. The van der Waals surface area contributed by atoms with Gasteiger partial charge in [-0.1, -0.05) is 90.1 Å². The predicted molar refractivity (Wildman–Crippen MR) is 144 cm³/mol. The van der Waals surface area contributed by atoms with Gasteiger partial charge in [-0.2, -0.15) is 0 Å². The molecule has 2 aromatic carbocycles. The second-order valence-electron chi connectivity index (χ2n) is 7.92. The third kappa shape index (κ3) is 15.4. The zero-order chi connectivity index (χ0) is 25.8. The second-order valence-corrected chi connectivity index (χ2v) is 7.92. The van der Waals surface area contributed by atoms with Crippen LogP contribution >= 0.6 is 0 Å². The molecule has 2 heterocycles. The Hall–Kier alpha value is -3.47. The maximum Gasteiger partial charge on any atom is 0.303 e. The molecule has 2 N–H and O–H groups in total. The molecule has 0 saturated heterocycles. The van der Waals surface area contributed by atoms with E-state index >= 15 is 0 Å². The molecule has 0 saturated carbocycles. The fourth-order valence-corrected chi connectivity index (χ4v) is 2.58. The molecule has 0 aliphatic heterocycles. The van der Waals surface area contributed by atoms with E-state index in [4.69, 9.17) is 5.11 Å². The fourth-order valence-electron chi connectivity index (χ4n) is 2.58. The van der Waals surface area contributed by atoms with Crippen molar-refractivity contribution in [2.45, 2.75) is 60.8 Å². The van der Waals surface area contributed by atoms with Crippen LogP contribution in [0.5, 0.6) is 0 Å². The Balaban J connectivity index is 0.000000424. The van der Waals surface area contributed by atoms with Gasteiger partial charge in [0, 0.05) is 18.8 Å². The van der Waals surface area contributed by atoms with E-state index in [0.717, 1.165) is 16.9 Å². The minimum Gasteiger partial charge on any atom is -0.481 e. The van der Waals surface area contributed by atoms with E-state index in [1.165, 1.54) is 5.56 Å². The molecule has 0 fully saturated rings. The third-order valence-electron chi connectivity index (χ3n) is 4.12. The number of carbonyl (C=O) groups is 1. The van der Waals surface area contributed by atoms with Crippen molar-refractivity contribution in [3.05, 3.63) is 96.6 Å². The van der Waals surface area contributed by atoms with Gasteiger partial charge in [0.2, 0.25) is 0 Å². The van der Waals surface area contributed by atoms with E-state index in [1.807, 2.05) is 83.1 Å². The minimum atomic E-state index is -0.713. The molecule has 0 bridgehead atoms. The van der Waals surface area contributed by atoms with Crippen LogP contribution in [0.15, 0.2) is 85.2 Å². The molecule has 5 nitrogen and oxygen atoms in total. The fraction of sp³-hybridized carbons (Fsp3) is 0.345. The van der Waals surface area contributed by atoms with Gasteiger partial charge in [0.1, 0.15) is 5.82 Å². The standard InChI is InChI=1S/C9H12.C8H8N2.C5H5N.C5H10O2.C2H6/c1-8(2)9-6-4-3-5-7-9;1-6-9-7-4-2-3-5-8(7)10-6;1-2-4-6-5-3-1;1-4(2)3-5(6)7;1-2/h3-8H,1-2H3;2-5H,1H3,(H,9,10);1-5H;4H,3H2,1-2H3,(H,6,7);1-2H3. The van der Waals surface area contributed by atoms with Crippen LogP contribution in [0.2, 0.25) is 0 Å². The molecule has 2 aromatic heterocycles. The highest BCUT2D eigenvalue weighted by Gasteiger charge is 1.98. The van der Waals surface area contributed by atoms with Gasteiger partial charge in [-0.3, -0.25) is 9.78 Å². The van der Waals surface area contributed by atoms with Crippen molar-refractivity contribution >= 4 is 17.0 Å². The molecule has 5 heteroatoms. The molecule has 4 rings (SSSR count). The van der Waals surface area contributed by atoms with Crippen LogP contribution in [0, 0.1) is 12.8 Å². The summed E-state index contributed by atoms with van der Waals surface area (Å²) < 4.78 is 0. The number of nitrogens with one attached hydrogen (secondary N) is 1. The van der Waals surface area contributed by atoms with Crippen LogP contribution in [0.4, 0.5) is 0 Å². The number of para-hydroxylation sites is 2. The van der Waals surface area contributed by atoms with Crippen molar-refractivity contribution in [1.29, 1.82) is 0 Å². The topological polar surface area (TPSA) is 78.9 Å². The Bertz CT molecular complexity index is 938. The highest BCUT2D eigenvalue weighted by Crippen LogP contribution is 2.11. The number of benzene rings is 2. The number of fused-ring (bicyclic) bond motifs is 1. The summed E-state index contributed by atoms with van der Waals surface area (Å²) in [6.07, 6.45) is 3.78. The summed E-state index contributed by atoms with van der Waals surface area (Å²) >= 11 is 0. The number of H-pyrrole nitrogens is 1. The Kier molecular flexibility index (Phi) is 17.1. The first kappa shape index (κ1) is 30.5. The minimum absolute atomic E-state index is 0.275. The van der Waals surface area contributed by atoms with Crippen LogP contribution in [-0.2, 0) is 4.79 Å². The molecule has 184 valence electrons. The average Bonchev–Trinajstić information content (AvgIpc) is 3.22. The van der Waals surface area contributed by atoms with Gasteiger partial charge < -0.3 is 10.1 Å². The lowest BCUT2D eigenvalue weighted by Crippen LogP contribution is -1.99. The molecule has 4 aromatic rings. The summed E-state index contributed by atoms with van der Waals surface area (Å²) in [5.74, 6) is 1.19. The Labute approximate surface area is 205 Å². The monoisotopic (exact) mass is 463 g/mol. The number of carboxylic acids is 1. The zero-order valence-corrected chi connectivity index (χ0v) is 21.7. The van der Waals surface area contributed by atoms with Crippen molar-refractivity contribution in [2.75, 3.05) is 0 Å². The van der Waals surface area contributed by atoms with E-state index in [1.54, 1.807) is 12.4 Å². The predicted octanol–water partition coefficient (Wildman–Crippen LogP) is 7.91. The van der Waals surface area contributed by atoms with Gasteiger partial charge in [-0.05, 0) is 48.6 Å².